The summed E-state index contributed by atoms with van der Waals surface area (Å²) in [6.45, 7) is 13.6. The zero-order chi connectivity index (χ0) is 20.7. The van der Waals surface area contributed by atoms with E-state index in [0.29, 0.717) is 31.6 Å². The highest BCUT2D eigenvalue weighted by atomic mass is 127. The fourth-order valence-electron chi connectivity index (χ4n) is 3.43. The Morgan fingerprint density at radius 1 is 1.41 bits per heavy atom. The molecule has 0 bridgehead atoms. The third-order valence-electron chi connectivity index (χ3n) is 5.04. The summed E-state index contributed by atoms with van der Waals surface area (Å²) in [4.78, 5) is 24.9. The van der Waals surface area contributed by atoms with Crippen LogP contribution in [0.4, 0.5) is 4.79 Å². The summed E-state index contributed by atoms with van der Waals surface area (Å²) in [6.07, 6.45) is 6.57. The molecule has 0 aliphatic carbocycles. The van der Waals surface area contributed by atoms with Gasteiger partial charge in [0.25, 0.3) is 0 Å². The van der Waals surface area contributed by atoms with Crippen molar-refractivity contribution in [2.75, 3.05) is 39.8 Å². The first-order valence-corrected chi connectivity index (χ1v) is 10.2. The van der Waals surface area contributed by atoms with E-state index in [2.05, 4.69) is 31.7 Å². The van der Waals surface area contributed by atoms with Crippen molar-refractivity contribution >= 4 is 36.0 Å². The van der Waals surface area contributed by atoms with Crippen molar-refractivity contribution in [3.05, 3.63) is 18.7 Å². The highest BCUT2D eigenvalue weighted by molar-refractivity contribution is 14.0. The summed E-state index contributed by atoms with van der Waals surface area (Å²) in [5.74, 6) is 1.46. The van der Waals surface area contributed by atoms with E-state index in [1.807, 2.05) is 46.4 Å². The number of aromatic nitrogens is 2. The summed E-state index contributed by atoms with van der Waals surface area (Å²) in [6, 6.07) is 0.378. The molecule has 1 N–H and O–H groups in total. The lowest BCUT2D eigenvalue weighted by atomic mass is 9.93. The molecule has 0 spiro atoms. The molecule has 1 fully saturated rings. The first-order valence-electron chi connectivity index (χ1n) is 10.2. The number of aliphatic imine (C=N–C) groups is 1. The number of carbonyl (C=O) groups is 1. The van der Waals surface area contributed by atoms with Gasteiger partial charge in [-0.2, -0.15) is 0 Å². The molecule has 1 aliphatic heterocycles. The Morgan fingerprint density at radius 2 is 2.14 bits per heavy atom. The number of hydrogen-bond acceptors (Lipinski definition) is 4. The van der Waals surface area contributed by atoms with Crippen LogP contribution in [0.2, 0.25) is 0 Å². The second-order valence-electron chi connectivity index (χ2n) is 8.32. The molecule has 0 aromatic carbocycles. The van der Waals surface area contributed by atoms with Crippen LogP contribution in [0.25, 0.3) is 0 Å². The van der Waals surface area contributed by atoms with E-state index in [-0.39, 0.29) is 30.1 Å². The quantitative estimate of drug-likeness (QED) is 0.367. The predicted molar refractivity (Wildman–Crippen MR) is 127 cm³/mol. The van der Waals surface area contributed by atoms with Crippen LogP contribution in [0.3, 0.4) is 0 Å². The molecular weight excluding hydrogens is 483 g/mol. The molecule has 29 heavy (non-hydrogen) atoms. The van der Waals surface area contributed by atoms with Gasteiger partial charge in [0.2, 0.25) is 0 Å². The standard InChI is InChI=1S/C20H36N6O2.HI/c1-7-24(19(27)28-20(3,4)5)13-10-23-18(21-6)25-11-8-16(2)17(14-25)26-12-9-22-15-26;/h9,12,15-17H,7-8,10-11,13-14H2,1-6H3,(H,21,23);1H. The van der Waals surface area contributed by atoms with Crippen molar-refractivity contribution in [1.82, 2.24) is 24.7 Å². The number of piperidine rings is 1. The van der Waals surface area contributed by atoms with Crippen molar-refractivity contribution in [2.24, 2.45) is 10.9 Å². The lowest BCUT2D eigenvalue weighted by molar-refractivity contribution is 0.0263. The van der Waals surface area contributed by atoms with Crippen molar-refractivity contribution in [3.63, 3.8) is 0 Å². The number of guanidine groups is 1. The first-order chi connectivity index (χ1) is 13.2. The zero-order valence-corrected chi connectivity index (χ0v) is 20.9. The number of ether oxygens (including phenoxy) is 1. The second kappa shape index (κ2) is 11.6. The van der Waals surface area contributed by atoms with Gasteiger partial charge in [-0.15, -0.1) is 24.0 Å². The number of nitrogens with one attached hydrogen (secondary N) is 1. The van der Waals surface area contributed by atoms with E-state index < -0.39 is 5.60 Å². The Hall–Kier alpha value is -1.52. The average Bonchev–Trinajstić information content (AvgIpc) is 3.15. The molecule has 1 aliphatic rings. The molecule has 1 saturated heterocycles. The number of carbonyl (C=O) groups excluding carboxylic acids is 1. The van der Waals surface area contributed by atoms with E-state index in [1.54, 1.807) is 11.9 Å². The summed E-state index contributed by atoms with van der Waals surface area (Å²) in [7, 11) is 1.80. The summed E-state index contributed by atoms with van der Waals surface area (Å²) < 4.78 is 7.65. The molecule has 1 aromatic rings. The van der Waals surface area contributed by atoms with Crippen molar-refractivity contribution < 1.29 is 9.53 Å². The number of nitrogens with zero attached hydrogens (tertiary/aromatic N) is 5. The first kappa shape index (κ1) is 25.5. The predicted octanol–water partition coefficient (Wildman–Crippen LogP) is 3.22. The van der Waals surface area contributed by atoms with Crippen molar-refractivity contribution in [1.29, 1.82) is 0 Å². The largest absolute Gasteiger partial charge is 0.444 e. The van der Waals surface area contributed by atoms with E-state index in [1.165, 1.54) is 0 Å². The van der Waals surface area contributed by atoms with Crippen molar-refractivity contribution in [2.45, 2.75) is 52.7 Å². The molecule has 9 heteroatoms. The lowest BCUT2D eigenvalue weighted by Gasteiger charge is -2.39. The van der Waals surface area contributed by atoms with E-state index in [9.17, 15) is 4.79 Å². The second-order valence-corrected chi connectivity index (χ2v) is 8.32. The van der Waals surface area contributed by atoms with Gasteiger partial charge in [0.15, 0.2) is 5.96 Å². The normalized spacial score (nSPS) is 20.1. The fraction of sp³-hybridized carbons (Fsp3) is 0.750. The minimum absolute atomic E-state index is 0. The van der Waals surface area contributed by atoms with Gasteiger partial charge in [-0.25, -0.2) is 9.78 Å². The highest BCUT2D eigenvalue weighted by Gasteiger charge is 2.29. The van der Waals surface area contributed by atoms with Crippen LogP contribution in [0.15, 0.2) is 23.7 Å². The van der Waals surface area contributed by atoms with Crippen LogP contribution in [0.1, 0.15) is 47.1 Å². The minimum Gasteiger partial charge on any atom is -0.444 e. The molecule has 1 aromatic heterocycles. The average molecular weight is 520 g/mol. The summed E-state index contributed by atoms with van der Waals surface area (Å²) in [5, 5.41) is 3.40. The number of rotatable bonds is 5. The Bertz CT molecular complexity index is 644. The zero-order valence-electron chi connectivity index (χ0n) is 18.6. The Balaban J connectivity index is 0.00000420. The van der Waals surface area contributed by atoms with Gasteiger partial charge >= 0.3 is 6.09 Å². The molecule has 2 atom stereocenters. The molecular formula is C20H37IN6O2. The number of likely N-dealkylation sites (tertiary alicyclic amines) is 1. The SMILES string of the molecule is CCN(CCNC(=NC)N1CCC(C)C(n2ccnc2)C1)C(=O)OC(C)(C)C.I. The molecule has 166 valence electrons. The monoisotopic (exact) mass is 520 g/mol. The number of amides is 1. The molecule has 8 nitrogen and oxygen atoms in total. The third kappa shape index (κ3) is 7.67. The van der Waals surface area contributed by atoms with E-state index in [4.69, 9.17) is 4.74 Å². The smallest absolute Gasteiger partial charge is 0.410 e. The van der Waals surface area contributed by atoms with Crippen LogP contribution in [-0.2, 0) is 4.74 Å². The molecule has 2 rings (SSSR count). The van der Waals surface area contributed by atoms with Gasteiger partial charge in [0.05, 0.1) is 12.4 Å². The van der Waals surface area contributed by atoms with Crippen LogP contribution in [-0.4, -0.2) is 76.8 Å². The summed E-state index contributed by atoms with van der Waals surface area (Å²) in [5.41, 5.74) is -0.485. The maximum absolute atomic E-state index is 12.3. The topological polar surface area (TPSA) is 75.0 Å². The lowest BCUT2D eigenvalue weighted by Crippen LogP contribution is -2.50. The van der Waals surface area contributed by atoms with Crippen LogP contribution in [0, 0.1) is 5.92 Å². The Morgan fingerprint density at radius 3 is 2.69 bits per heavy atom. The van der Waals surface area contributed by atoms with Crippen LogP contribution in [0.5, 0.6) is 0 Å². The van der Waals surface area contributed by atoms with Gasteiger partial charge in [-0.1, -0.05) is 6.92 Å². The highest BCUT2D eigenvalue weighted by Crippen LogP contribution is 2.27. The number of imidazole rings is 1. The third-order valence-corrected chi connectivity index (χ3v) is 5.04. The van der Waals surface area contributed by atoms with Gasteiger partial charge in [-0.05, 0) is 40.0 Å². The van der Waals surface area contributed by atoms with Gasteiger partial charge in [0, 0.05) is 52.2 Å². The number of hydrogen-bond donors (Lipinski definition) is 1. The van der Waals surface area contributed by atoms with E-state index >= 15 is 0 Å². The maximum Gasteiger partial charge on any atom is 0.410 e. The Labute approximate surface area is 192 Å². The van der Waals surface area contributed by atoms with Crippen LogP contribution < -0.4 is 5.32 Å². The Kier molecular flexibility index (Phi) is 10.2. The van der Waals surface area contributed by atoms with Gasteiger partial charge in [0.1, 0.15) is 5.60 Å². The molecule has 2 heterocycles. The molecule has 0 radical (unpaired) electrons. The minimum atomic E-state index is -0.485. The van der Waals surface area contributed by atoms with Crippen LogP contribution >= 0.6 is 24.0 Å². The van der Waals surface area contributed by atoms with Gasteiger partial charge < -0.3 is 24.4 Å². The van der Waals surface area contributed by atoms with Gasteiger partial charge in [-0.3, -0.25) is 4.99 Å². The molecule has 0 saturated carbocycles. The fourth-order valence-corrected chi connectivity index (χ4v) is 3.43. The number of halogens is 1. The summed E-state index contributed by atoms with van der Waals surface area (Å²) >= 11 is 0. The van der Waals surface area contributed by atoms with E-state index in [0.717, 1.165) is 25.5 Å². The number of likely N-dealkylation sites (N-methyl/N-ethyl adjacent to an activating group) is 1. The maximum atomic E-state index is 12.3. The van der Waals surface area contributed by atoms with Crippen molar-refractivity contribution in [3.8, 4) is 0 Å². The molecule has 2 unspecified atom stereocenters. The molecule has 1 amide bonds.